The number of hydrogen-bond acceptors (Lipinski definition) is 3. The van der Waals surface area contributed by atoms with Gasteiger partial charge in [-0.1, -0.05) is 64.8 Å². The minimum absolute atomic E-state index is 0.0504. The molecular formula is C29H39N5O2. The largest absolute Gasteiger partial charge is 0.322 e. The van der Waals surface area contributed by atoms with E-state index in [4.69, 9.17) is 5.10 Å². The van der Waals surface area contributed by atoms with Crippen molar-refractivity contribution in [2.75, 3.05) is 23.7 Å². The first-order valence-corrected chi connectivity index (χ1v) is 12.7. The molecule has 1 heterocycles. The normalized spacial score (nSPS) is 11.3. The summed E-state index contributed by atoms with van der Waals surface area (Å²) in [6.07, 6.45) is 2.86. The van der Waals surface area contributed by atoms with Crippen molar-refractivity contribution in [3.05, 3.63) is 71.4 Å². The van der Waals surface area contributed by atoms with E-state index in [0.717, 1.165) is 41.8 Å². The van der Waals surface area contributed by atoms with Crippen molar-refractivity contribution in [2.45, 2.75) is 66.2 Å². The number of rotatable bonds is 9. The van der Waals surface area contributed by atoms with Crippen molar-refractivity contribution in [3.63, 3.8) is 0 Å². The van der Waals surface area contributed by atoms with E-state index in [9.17, 15) is 9.59 Å². The van der Waals surface area contributed by atoms with Crippen LogP contribution in [0, 0.1) is 13.8 Å². The van der Waals surface area contributed by atoms with Crippen molar-refractivity contribution >= 4 is 23.4 Å². The first kappa shape index (κ1) is 27.0. The van der Waals surface area contributed by atoms with Gasteiger partial charge >= 0.3 is 6.03 Å². The van der Waals surface area contributed by atoms with Crippen LogP contribution in [0.2, 0.25) is 0 Å². The molecule has 2 N–H and O–H groups in total. The number of benzene rings is 2. The van der Waals surface area contributed by atoms with Crippen LogP contribution in [0.15, 0.2) is 54.6 Å². The van der Waals surface area contributed by atoms with E-state index in [-0.39, 0.29) is 23.9 Å². The summed E-state index contributed by atoms with van der Waals surface area (Å²) in [6, 6.07) is 17.3. The number of aromatic nitrogens is 2. The predicted molar refractivity (Wildman–Crippen MR) is 147 cm³/mol. The standard InChI is InChI=1S/C29H39N5O2/c1-7-8-9-16-33(28(36)30-23-14-10-12-21(2)17-23)20-27(35)31-26-19-25(29(4,5)6)32-34(26)24-15-11-13-22(3)18-24/h10-15,17-19H,7-9,16,20H2,1-6H3,(H,30,36)(H,31,35). The molecular weight excluding hydrogens is 450 g/mol. The van der Waals surface area contributed by atoms with Gasteiger partial charge in [-0.15, -0.1) is 0 Å². The molecule has 7 nitrogen and oxygen atoms in total. The van der Waals surface area contributed by atoms with Gasteiger partial charge in [0.25, 0.3) is 0 Å². The highest BCUT2D eigenvalue weighted by Gasteiger charge is 2.23. The zero-order chi connectivity index (χ0) is 26.3. The molecule has 7 heteroatoms. The van der Waals surface area contributed by atoms with Crippen molar-refractivity contribution < 1.29 is 9.59 Å². The lowest BCUT2D eigenvalue weighted by Gasteiger charge is -2.23. The lowest BCUT2D eigenvalue weighted by atomic mass is 9.92. The molecule has 0 aliphatic carbocycles. The van der Waals surface area contributed by atoms with Crippen LogP contribution in [0.5, 0.6) is 0 Å². The Morgan fingerprint density at radius 3 is 2.28 bits per heavy atom. The molecule has 0 saturated heterocycles. The van der Waals surface area contributed by atoms with Crippen LogP contribution < -0.4 is 10.6 Å². The summed E-state index contributed by atoms with van der Waals surface area (Å²) >= 11 is 0. The van der Waals surface area contributed by atoms with E-state index in [1.165, 1.54) is 0 Å². The second kappa shape index (κ2) is 11.9. The average Bonchev–Trinajstić information content (AvgIpc) is 3.23. The average molecular weight is 490 g/mol. The lowest BCUT2D eigenvalue weighted by molar-refractivity contribution is -0.116. The summed E-state index contributed by atoms with van der Waals surface area (Å²) in [5, 5.41) is 10.7. The van der Waals surface area contributed by atoms with Crippen molar-refractivity contribution in [1.82, 2.24) is 14.7 Å². The molecule has 3 amide bonds. The van der Waals surface area contributed by atoms with Crippen LogP contribution in [0.1, 0.15) is 63.8 Å². The molecule has 3 aromatic rings. The van der Waals surface area contributed by atoms with Gasteiger partial charge < -0.3 is 15.5 Å². The fraction of sp³-hybridized carbons (Fsp3) is 0.414. The summed E-state index contributed by atoms with van der Waals surface area (Å²) in [4.78, 5) is 27.9. The first-order valence-electron chi connectivity index (χ1n) is 12.7. The minimum Gasteiger partial charge on any atom is -0.315 e. The summed E-state index contributed by atoms with van der Waals surface area (Å²) in [7, 11) is 0. The number of carbonyl (C=O) groups is 2. The van der Waals surface area contributed by atoms with Gasteiger partial charge in [-0.3, -0.25) is 4.79 Å². The Morgan fingerprint density at radius 2 is 1.64 bits per heavy atom. The number of hydrogen-bond donors (Lipinski definition) is 2. The van der Waals surface area contributed by atoms with E-state index in [0.29, 0.717) is 18.1 Å². The molecule has 0 fully saturated rings. The number of anilines is 2. The third-order valence-electron chi connectivity index (χ3n) is 5.91. The number of amides is 3. The molecule has 192 valence electrons. The number of nitrogens with zero attached hydrogens (tertiary/aromatic N) is 3. The molecule has 0 bridgehead atoms. The maximum atomic E-state index is 13.2. The van der Waals surface area contributed by atoms with Crippen molar-refractivity contribution in [3.8, 4) is 5.69 Å². The third kappa shape index (κ3) is 7.44. The lowest BCUT2D eigenvalue weighted by Crippen LogP contribution is -2.41. The molecule has 1 aromatic heterocycles. The number of unbranched alkanes of at least 4 members (excludes halogenated alkanes) is 2. The monoisotopic (exact) mass is 489 g/mol. The minimum atomic E-state index is -0.283. The van der Waals surface area contributed by atoms with Crippen molar-refractivity contribution in [2.24, 2.45) is 0 Å². The number of nitrogens with one attached hydrogen (secondary N) is 2. The highest BCUT2D eigenvalue weighted by molar-refractivity contribution is 5.96. The Morgan fingerprint density at radius 1 is 0.944 bits per heavy atom. The summed E-state index contributed by atoms with van der Waals surface area (Å²) in [5.74, 6) is 0.322. The Hall–Kier alpha value is -3.61. The van der Waals surface area contributed by atoms with Crippen LogP contribution in [0.25, 0.3) is 5.69 Å². The molecule has 0 atom stereocenters. The maximum Gasteiger partial charge on any atom is 0.322 e. The molecule has 0 aliphatic rings. The smallest absolute Gasteiger partial charge is 0.315 e. The van der Waals surface area contributed by atoms with E-state index in [1.54, 1.807) is 9.58 Å². The quantitative estimate of drug-likeness (QED) is 0.339. The van der Waals surface area contributed by atoms with Crippen LogP contribution in [0.3, 0.4) is 0 Å². The second-order valence-electron chi connectivity index (χ2n) is 10.4. The summed E-state index contributed by atoms with van der Waals surface area (Å²) in [5.41, 5.74) is 4.44. The third-order valence-corrected chi connectivity index (χ3v) is 5.91. The molecule has 0 spiro atoms. The maximum absolute atomic E-state index is 13.2. The fourth-order valence-corrected chi connectivity index (χ4v) is 3.88. The number of urea groups is 1. The van der Waals surface area contributed by atoms with Gasteiger partial charge in [0.15, 0.2) is 0 Å². The Balaban J connectivity index is 1.81. The SMILES string of the molecule is CCCCCN(CC(=O)Nc1cc(C(C)(C)C)nn1-c1cccc(C)c1)C(=O)Nc1cccc(C)c1. The van der Waals surface area contributed by atoms with E-state index >= 15 is 0 Å². The van der Waals surface area contributed by atoms with Gasteiger partial charge in [-0.05, 0) is 55.7 Å². The van der Waals surface area contributed by atoms with E-state index in [1.807, 2.05) is 68.4 Å². The highest BCUT2D eigenvalue weighted by atomic mass is 16.2. The Labute approximate surface area is 214 Å². The number of aryl methyl sites for hydroxylation is 2. The summed E-state index contributed by atoms with van der Waals surface area (Å²) < 4.78 is 1.76. The van der Waals surface area contributed by atoms with Crippen LogP contribution in [0.4, 0.5) is 16.3 Å². The van der Waals surface area contributed by atoms with Gasteiger partial charge in [-0.25, -0.2) is 9.48 Å². The molecule has 36 heavy (non-hydrogen) atoms. The molecule has 3 rings (SSSR count). The predicted octanol–water partition coefficient (Wildman–Crippen LogP) is 6.45. The van der Waals surface area contributed by atoms with Crippen LogP contribution in [-0.2, 0) is 10.2 Å². The van der Waals surface area contributed by atoms with Crippen molar-refractivity contribution in [1.29, 1.82) is 0 Å². The van der Waals surface area contributed by atoms with Crippen LogP contribution >= 0.6 is 0 Å². The molecule has 2 aromatic carbocycles. The molecule has 0 aliphatic heterocycles. The second-order valence-corrected chi connectivity index (χ2v) is 10.4. The topological polar surface area (TPSA) is 79.3 Å². The summed E-state index contributed by atoms with van der Waals surface area (Å²) in [6.45, 7) is 12.8. The fourth-order valence-electron chi connectivity index (χ4n) is 3.88. The molecule has 0 radical (unpaired) electrons. The van der Waals surface area contributed by atoms with Gasteiger partial charge in [0.2, 0.25) is 5.91 Å². The van der Waals surface area contributed by atoms with Crippen LogP contribution in [-0.4, -0.2) is 39.7 Å². The zero-order valence-electron chi connectivity index (χ0n) is 22.4. The van der Waals surface area contributed by atoms with E-state index in [2.05, 4.69) is 38.3 Å². The Kier molecular flexibility index (Phi) is 8.91. The zero-order valence-corrected chi connectivity index (χ0v) is 22.4. The molecule has 0 unspecified atom stereocenters. The van der Waals surface area contributed by atoms with Gasteiger partial charge in [-0.2, -0.15) is 5.10 Å². The Bertz CT molecular complexity index is 1190. The first-order chi connectivity index (χ1) is 17.1. The van der Waals surface area contributed by atoms with Gasteiger partial charge in [0.05, 0.1) is 11.4 Å². The highest BCUT2D eigenvalue weighted by Crippen LogP contribution is 2.26. The van der Waals surface area contributed by atoms with Gasteiger partial charge in [0.1, 0.15) is 12.4 Å². The number of carbonyl (C=O) groups excluding carboxylic acids is 2. The molecule has 0 saturated carbocycles. The van der Waals surface area contributed by atoms with E-state index < -0.39 is 0 Å². The van der Waals surface area contributed by atoms with Gasteiger partial charge in [0, 0.05) is 23.7 Å².